The molecule has 0 radical (unpaired) electrons. The Morgan fingerprint density at radius 3 is 2.70 bits per heavy atom. The van der Waals surface area contributed by atoms with Gasteiger partial charge in [0.2, 0.25) is 0 Å². The van der Waals surface area contributed by atoms with Crippen molar-refractivity contribution in [3.63, 3.8) is 0 Å². The van der Waals surface area contributed by atoms with E-state index in [9.17, 15) is 27.8 Å². The highest BCUT2D eigenvalue weighted by Crippen LogP contribution is 2.42. The monoisotopic (exact) mass is 643 g/mol. The van der Waals surface area contributed by atoms with E-state index in [1.54, 1.807) is 6.92 Å². The van der Waals surface area contributed by atoms with Crippen LogP contribution in [0, 0.1) is 11.6 Å². The molecule has 8 nitrogen and oxygen atoms in total. The molecule has 0 amide bonds. The minimum atomic E-state index is -3.02. The van der Waals surface area contributed by atoms with E-state index in [1.165, 1.54) is 35.4 Å². The molecule has 0 aliphatic carbocycles. The van der Waals surface area contributed by atoms with Gasteiger partial charge in [0.1, 0.15) is 47.0 Å². The van der Waals surface area contributed by atoms with Gasteiger partial charge in [-0.3, -0.25) is 9.88 Å². The summed E-state index contributed by atoms with van der Waals surface area (Å²) in [5.41, 5.74) is -2.81. The number of halogens is 5. The summed E-state index contributed by atoms with van der Waals surface area (Å²) in [6.45, 7) is 2.64. The summed E-state index contributed by atoms with van der Waals surface area (Å²) in [5.74, 6) is -1.50. The number of aromatic nitrogens is 3. The van der Waals surface area contributed by atoms with Gasteiger partial charge in [-0.15, -0.1) is 0 Å². The van der Waals surface area contributed by atoms with Crippen LogP contribution in [0.1, 0.15) is 44.6 Å². The Morgan fingerprint density at radius 2 is 1.91 bits per heavy atom. The molecular weight excluding hydrogens is 609 g/mol. The van der Waals surface area contributed by atoms with Crippen LogP contribution >= 0.6 is 0 Å². The van der Waals surface area contributed by atoms with Crippen LogP contribution in [0.5, 0.6) is 11.8 Å². The fourth-order valence-corrected chi connectivity index (χ4v) is 7.62. The van der Waals surface area contributed by atoms with Crippen LogP contribution in [0.25, 0.3) is 32.9 Å². The van der Waals surface area contributed by atoms with Crippen LogP contribution < -0.4 is 9.64 Å². The Labute approximate surface area is 261 Å². The van der Waals surface area contributed by atoms with E-state index in [-0.39, 0.29) is 72.2 Å². The molecule has 0 spiro atoms. The number of hydrogen-bond donors (Lipinski definition) is 2. The minimum absolute atomic E-state index is 0.0508. The highest BCUT2D eigenvalue weighted by atomic mass is 19.3. The molecule has 0 saturated carbocycles. The van der Waals surface area contributed by atoms with Crippen molar-refractivity contribution in [2.75, 3.05) is 37.7 Å². The number of fused-ring (bicyclic) bond motifs is 3. The Kier molecular flexibility index (Phi) is 7.66. The first kappa shape index (κ1) is 30.8. The molecule has 46 heavy (non-hydrogen) atoms. The number of phenols is 1. The van der Waals surface area contributed by atoms with Crippen molar-refractivity contribution in [1.29, 1.82) is 0 Å². The van der Waals surface area contributed by atoms with Gasteiger partial charge in [0.15, 0.2) is 5.82 Å². The third kappa shape index (κ3) is 5.07. The number of piperidine rings is 1. The van der Waals surface area contributed by atoms with Crippen LogP contribution in [-0.4, -0.2) is 86.6 Å². The van der Waals surface area contributed by atoms with Gasteiger partial charge < -0.3 is 19.8 Å². The van der Waals surface area contributed by atoms with Crippen molar-refractivity contribution in [1.82, 2.24) is 19.9 Å². The molecule has 3 fully saturated rings. The number of nitrogens with zero attached hydrogens (tertiary/aromatic N) is 5. The smallest absolute Gasteiger partial charge is 0.319 e. The second-order valence-electron chi connectivity index (χ2n) is 12.8. The van der Waals surface area contributed by atoms with Gasteiger partial charge in [0.25, 0.3) is 6.43 Å². The fraction of sp³-hybridized carbons (Fsp3) is 0.485. The third-order valence-corrected chi connectivity index (χ3v) is 9.84. The van der Waals surface area contributed by atoms with E-state index < -0.39 is 41.9 Å². The van der Waals surface area contributed by atoms with E-state index in [0.29, 0.717) is 35.7 Å². The molecule has 3 atom stereocenters. The number of aromatic hydroxyl groups is 1. The summed E-state index contributed by atoms with van der Waals surface area (Å²) in [6, 6.07) is 5.33. The van der Waals surface area contributed by atoms with Gasteiger partial charge >= 0.3 is 6.01 Å². The zero-order valence-electron chi connectivity index (χ0n) is 25.2. The quantitative estimate of drug-likeness (QED) is 0.239. The standard InChI is InChI=1S/C33H34F5N5O3/c1-2-21-24(35)6-5-18-11-20(44)12-22(25(18)21)27-26(36)28-23(14-39-27)29(42-9-4-8-33(45,16-42)30(37)38)41-31(40-28)46-17-32-7-3-10-43(32)15-19(34)13-32/h5-6,11-12,14,19,30,44-45H,2-4,7-10,13,15-17H2,1H3/t19-,32+,33?/m1/s1. The van der Waals surface area contributed by atoms with Crippen LogP contribution in [0.2, 0.25) is 0 Å². The molecule has 2 N–H and O–H groups in total. The molecule has 3 aliphatic rings. The maximum Gasteiger partial charge on any atom is 0.319 e. The molecule has 2 aromatic carbocycles. The molecule has 4 aromatic rings. The maximum atomic E-state index is 16.7. The van der Waals surface area contributed by atoms with Gasteiger partial charge in [-0.25, -0.2) is 22.0 Å². The lowest BCUT2D eigenvalue weighted by molar-refractivity contribution is -0.102. The topological polar surface area (TPSA) is 94.8 Å². The molecule has 0 bridgehead atoms. The van der Waals surface area contributed by atoms with E-state index in [2.05, 4.69) is 15.0 Å². The zero-order valence-corrected chi connectivity index (χ0v) is 25.2. The maximum absolute atomic E-state index is 16.7. The lowest BCUT2D eigenvalue weighted by Gasteiger charge is -2.39. The van der Waals surface area contributed by atoms with Gasteiger partial charge in [0.05, 0.1) is 17.5 Å². The Bertz CT molecular complexity index is 1830. The predicted octanol–water partition coefficient (Wildman–Crippen LogP) is 5.94. The summed E-state index contributed by atoms with van der Waals surface area (Å²) in [6.07, 6.45) is -0.431. The van der Waals surface area contributed by atoms with Crippen molar-refractivity contribution in [2.24, 2.45) is 0 Å². The number of pyridine rings is 1. The second-order valence-corrected chi connectivity index (χ2v) is 12.8. The number of anilines is 1. The summed E-state index contributed by atoms with van der Waals surface area (Å²) < 4.78 is 80.0. The van der Waals surface area contributed by atoms with Crippen LogP contribution in [-0.2, 0) is 6.42 Å². The predicted molar refractivity (Wildman–Crippen MR) is 162 cm³/mol. The first-order valence-electron chi connectivity index (χ1n) is 15.6. The Hall–Kier alpha value is -3.84. The summed E-state index contributed by atoms with van der Waals surface area (Å²) in [4.78, 5) is 16.8. The number of hydrogen-bond acceptors (Lipinski definition) is 8. The number of β-amino-alcohol motifs (C(OH)–C–C–N with tert-alkyl or cyclic N) is 1. The van der Waals surface area contributed by atoms with E-state index in [4.69, 9.17) is 4.74 Å². The summed E-state index contributed by atoms with van der Waals surface area (Å²) >= 11 is 0. The molecule has 3 aliphatic heterocycles. The molecule has 13 heteroatoms. The summed E-state index contributed by atoms with van der Waals surface area (Å²) in [5, 5.41) is 22.2. The van der Waals surface area contributed by atoms with Gasteiger partial charge in [-0.2, -0.15) is 9.97 Å². The van der Waals surface area contributed by atoms with Crippen molar-refractivity contribution in [3.05, 3.63) is 47.7 Å². The average molecular weight is 644 g/mol. The van der Waals surface area contributed by atoms with Crippen molar-refractivity contribution in [3.8, 4) is 23.0 Å². The molecular formula is C33H34F5N5O3. The fourth-order valence-electron chi connectivity index (χ4n) is 7.62. The third-order valence-electron chi connectivity index (χ3n) is 9.84. The number of ether oxygens (including phenoxy) is 1. The Morgan fingerprint density at radius 1 is 1.11 bits per heavy atom. The number of benzene rings is 2. The molecule has 5 heterocycles. The highest BCUT2D eigenvalue weighted by molar-refractivity contribution is 6.01. The lowest BCUT2D eigenvalue weighted by Crippen LogP contribution is -2.53. The van der Waals surface area contributed by atoms with Crippen LogP contribution in [0.4, 0.5) is 27.8 Å². The average Bonchev–Trinajstić information content (AvgIpc) is 3.55. The van der Waals surface area contributed by atoms with Gasteiger partial charge in [-0.1, -0.05) is 13.0 Å². The minimum Gasteiger partial charge on any atom is -0.508 e. The molecule has 7 rings (SSSR count). The zero-order chi connectivity index (χ0) is 32.4. The lowest BCUT2D eigenvalue weighted by atomic mass is 9.93. The number of rotatable bonds is 7. The van der Waals surface area contributed by atoms with Crippen LogP contribution in [0.3, 0.4) is 0 Å². The highest BCUT2D eigenvalue weighted by Gasteiger charge is 2.49. The van der Waals surface area contributed by atoms with Gasteiger partial charge in [0, 0.05) is 31.3 Å². The number of phenolic OH excluding ortho intramolecular Hbond substituents is 1. The summed E-state index contributed by atoms with van der Waals surface area (Å²) in [7, 11) is 0. The molecule has 244 valence electrons. The first-order valence-corrected chi connectivity index (χ1v) is 15.6. The number of alkyl halides is 3. The Balaban J connectivity index is 1.38. The normalized spacial score (nSPS) is 25.2. The van der Waals surface area contributed by atoms with Crippen LogP contribution in [0.15, 0.2) is 30.5 Å². The molecule has 2 aromatic heterocycles. The number of aryl methyl sites for hydroxylation is 1. The van der Waals surface area contributed by atoms with Crippen molar-refractivity contribution in [2.45, 2.75) is 69.2 Å². The van der Waals surface area contributed by atoms with E-state index in [1.807, 2.05) is 4.90 Å². The van der Waals surface area contributed by atoms with E-state index >= 15 is 4.39 Å². The first-order chi connectivity index (χ1) is 22.0. The largest absolute Gasteiger partial charge is 0.508 e. The van der Waals surface area contributed by atoms with Gasteiger partial charge in [-0.05, 0) is 73.2 Å². The SMILES string of the molecule is CCc1c(F)ccc2cc(O)cc(-c3ncc4c(N5CCCC(O)(C(F)F)C5)nc(OC[C@@]56CCCN5C[C@H](F)C6)nc4c3F)c12. The molecule has 1 unspecified atom stereocenters. The second kappa shape index (κ2) is 11.4. The van der Waals surface area contributed by atoms with Crippen molar-refractivity contribution < 1.29 is 36.9 Å². The number of aliphatic hydroxyl groups is 1. The van der Waals surface area contributed by atoms with Crippen molar-refractivity contribution >= 4 is 27.5 Å². The molecule has 3 saturated heterocycles. The van der Waals surface area contributed by atoms with E-state index in [0.717, 1.165) is 13.0 Å².